The monoisotopic (exact) mass is 1300 g/mol. The Hall–Kier alpha value is -2.36. The third kappa shape index (κ3) is 12.8. The van der Waals surface area contributed by atoms with E-state index in [0.717, 1.165) is 83.6 Å². The predicted molar refractivity (Wildman–Crippen MR) is 287 cm³/mol. The molecule has 4 N–H and O–H groups in total. The smallest absolute Gasteiger partial charge is 0.172 e. The van der Waals surface area contributed by atoms with E-state index in [1.165, 1.54) is 23.4 Å². The molecule has 0 radical (unpaired) electrons. The summed E-state index contributed by atoms with van der Waals surface area (Å²) in [6.07, 6.45) is 21.3. The Kier molecular flexibility index (Phi) is 19.5. The maximum Gasteiger partial charge on any atom is 0.172 e. The molecular weight excluding hydrogens is 1260 g/mol. The first kappa shape index (κ1) is 53.4. The Bertz CT molecular complexity index is 3040. The number of hydrogen-bond acceptors (Lipinski definition) is 15. The number of thioether (sulfide) groups is 2. The maximum atomic E-state index is 12.0. The van der Waals surface area contributed by atoms with Gasteiger partial charge in [0.25, 0.3) is 0 Å². The van der Waals surface area contributed by atoms with Crippen molar-refractivity contribution in [3.8, 4) is 0 Å². The van der Waals surface area contributed by atoms with E-state index in [0.29, 0.717) is 49.6 Å². The second-order valence-corrected chi connectivity index (χ2v) is 23.1. The van der Waals surface area contributed by atoms with Crippen molar-refractivity contribution in [1.82, 2.24) is 58.4 Å². The number of aliphatic hydroxyl groups is 2. The third-order valence-electron chi connectivity index (χ3n) is 11.2. The van der Waals surface area contributed by atoms with E-state index in [9.17, 15) is 14.4 Å². The fraction of sp³-hybridized carbons (Fsp3) is 0.415. The van der Waals surface area contributed by atoms with Gasteiger partial charge in [-0.3, -0.25) is 4.21 Å². The van der Waals surface area contributed by atoms with Gasteiger partial charge < -0.3 is 20.8 Å². The Balaban J connectivity index is 0.000000139. The minimum atomic E-state index is -1.17. The summed E-state index contributed by atoms with van der Waals surface area (Å²) in [6, 6.07) is 7.64. The van der Waals surface area contributed by atoms with Crippen LogP contribution in [0.25, 0.3) is 22.6 Å². The van der Waals surface area contributed by atoms with Crippen molar-refractivity contribution in [2.75, 3.05) is 42.6 Å². The maximum absolute atomic E-state index is 12.0. The number of aromatic nitrogens is 12. The average Bonchev–Trinajstić information content (AvgIpc) is 4.12. The average molecular weight is 1300 g/mol. The second-order valence-electron chi connectivity index (χ2n) is 15.5. The molecule has 27 heteroatoms. The van der Waals surface area contributed by atoms with Crippen LogP contribution in [0.4, 0.5) is 11.6 Å². The lowest BCUT2D eigenvalue weighted by atomic mass is 9.85. The molecule has 5 atom stereocenters. The predicted octanol–water partition coefficient (Wildman–Crippen LogP) is 11.0. The van der Waals surface area contributed by atoms with Crippen molar-refractivity contribution >= 4 is 167 Å². The molecule has 2 aliphatic carbocycles. The molecule has 10 rings (SSSR count). The van der Waals surface area contributed by atoms with Gasteiger partial charge in [0.2, 0.25) is 0 Å². The number of nitrogens with zero attached hydrogens (tertiary/aromatic N) is 12. The van der Waals surface area contributed by atoms with Crippen molar-refractivity contribution in [3.63, 3.8) is 0 Å². The normalized spacial score (nSPS) is 18.6. The third-order valence-corrected chi connectivity index (χ3v) is 16.4. The molecule has 0 saturated heterocycles. The molecule has 0 amide bonds. The van der Waals surface area contributed by atoms with Crippen LogP contribution in [0.1, 0.15) is 51.4 Å². The molecule has 8 aromatic heterocycles. The van der Waals surface area contributed by atoms with E-state index in [2.05, 4.69) is 115 Å². The standard InChI is InChI=1S/C14H19BrN4O2S.C14H19BrN4OS.C7H5BrClN3S.C6H2BrCl2N3/c1-22(21)13-6-12(18-14-10(15)7-16-19(13)14)17-11-5-3-2-4-9(11)8-20;1-21-13-6-12(18-14-10(15)7-16-19(13)14)17-11-5-3-2-4-9(11)8-20;1-13-6-2-5(9)11-7-4(8)3-10-12(6)7;7-3-2-10-12-5(9)1-4(8)11-6(3)12/h6-7,9,11,20H,2-5,8H2,1H3,(H,17,18);6-7,9,11,20H,2-5,8H2,1H3,(H,17,18);2-3H,1H3;1-2H/t9-,11-,22?;9-,11?;;/m00../s1. The van der Waals surface area contributed by atoms with Crippen LogP contribution in [0, 0.1) is 11.8 Å². The van der Waals surface area contributed by atoms with Crippen molar-refractivity contribution in [2.24, 2.45) is 11.8 Å². The minimum absolute atomic E-state index is 0.183. The van der Waals surface area contributed by atoms with Crippen molar-refractivity contribution in [3.05, 3.63) is 82.4 Å². The van der Waals surface area contributed by atoms with Gasteiger partial charge in [0.15, 0.2) is 22.6 Å². The number of aliphatic hydroxyl groups excluding tert-OH is 2. The number of nitrogens with one attached hydrogen (secondary N) is 2. The Morgan fingerprint density at radius 1 is 0.603 bits per heavy atom. The molecule has 2 fully saturated rings. The Morgan fingerprint density at radius 3 is 1.49 bits per heavy atom. The number of halogens is 7. The van der Waals surface area contributed by atoms with Crippen LogP contribution in [0.5, 0.6) is 0 Å². The quantitative estimate of drug-likeness (QED) is 0.0784. The van der Waals surface area contributed by atoms with Crippen LogP contribution in [-0.4, -0.2) is 117 Å². The van der Waals surface area contributed by atoms with Crippen LogP contribution < -0.4 is 10.6 Å². The van der Waals surface area contributed by atoms with Gasteiger partial charge in [0.05, 0.1) is 53.5 Å². The Labute approximate surface area is 451 Å². The van der Waals surface area contributed by atoms with Gasteiger partial charge in [-0.1, -0.05) is 60.5 Å². The first-order valence-electron chi connectivity index (χ1n) is 21.0. The molecule has 2 unspecified atom stereocenters. The van der Waals surface area contributed by atoms with E-state index >= 15 is 0 Å². The molecule has 364 valence electrons. The summed E-state index contributed by atoms with van der Waals surface area (Å²) in [6.45, 7) is 0.425. The SMILES string of the molecule is CS(=O)c1cc(N[C@H]2CCCC[C@H]2CO)nc2c(Br)cnn12.CSc1cc(Cl)nc2c(Br)cnn12.CSc1cc(NC2CCCC[C@H]2CO)nc2c(Br)cnn12.Clc1cc(Cl)n2ncc(Br)c2n1. The molecule has 0 spiro atoms. The first-order chi connectivity index (χ1) is 32.7. The van der Waals surface area contributed by atoms with Crippen LogP contribution in [0.3, 0.4) is 0 Å². The Morgan fingerprint density at radius 2 is 1.00 bits per heavy atom. The zero-order valence-electron chi connectivity index (χ0n) is 36.5. The number of anilines is 2. The van der Waals surface area contributed by atoms with Gasteiger partial charge >= 0.3 is 0 Å². The van der Waals surface area contributed by atoms with Crippen LogP contribution >= 0.6 is 122 Å². The van der Waals surface area contributed by atoms with E-state index in [1.54, 1.807) is 75.7 Å². The molecule has 0 aromatic carbocycles. The van der Waals surface area contributed by atoms with Crippen molar-refractivity contribution in [2.45, 2.75) is 78.5 Å². The number of hydrogen-bond donors (Lipinski definition) is 4. The highest BCUT2D eigenvalue weighted by Crippen LogP contribution is 2.31. The fourth-order valence-electron chi connectivity index (χ4n) is 7.83. The van der Waals surface area contributed by atoms with E-state index in [-0.39, 0.29) is 25.2 Å². The molecule has 0 bridgehead atoms. The topological polar surface area (TPSA) is 202 Å². The van der Waals surface area contributed by atoms with E-state index in [4.69, 9.17) is 34.8 Å². The number of fused-ring (bicyclic) bond motifs is 4. The van der Waals surface area contributed by atoms with Gasteiger partial charge in [-0.25, -0.2) is 38.0 Å². The van der Waals surface area contributed by atoms with Gasteiger partial charge in [-0.15, -0.1) is 23.5 Å². The molecular formula is C41H45Br4Cl3N14O3S3. The highest BCUT2D eigenvalue weighted by molar-refractivity contribution is 9.11. The first-order valence-corrected chi connectivity index (χ1v) is 29.3. The number of rotatable bonds is 9. The second kappa shape index (κ2) is 24.9. The summed E-state index contributed by atoms with van der Waals surface area (Å²) in [7, 11) is -1.17. The lowest BCUT2D eigenvalue weighted by Gasteiger charge is -2.31. The zero-order valence-corrected chi connectivity index (χ0v) is 47.6. The van der Waals surface area contributed by atoms with E-state index in [1.807, 2.05) is 23.1 Å². The molecule has 8 aromatic rings. The van der Waals surface area contributed by atoms with Gasteiger partial charge in [0.1, 0.15) is 42.2 Å². The minimum Gasteiger partial charge on any atom is -0.396 e. The molecule has 2 saturated carbocycles. The summed E-state index contributed by atoms with van der Waals surface area (Å²) < 4.78 is 21.9. The highest BCUT2D eigenvalue weighted by atomic mass is 79.9. The summed E-state index contributed by atoms with van der Waals surface area (Å²) in [4.78, 5) is 17.4. The lowest BCUT2D eigenvalue weighted by Crippen LogP contribution is -2.34. The van der Waals surface area contributed by atoms with Gasteiger partial charge in [-0.05, 0) is 102 Å². The summed E-state index contributed by atoms with van der Waals surface area (Å²) in [5, 5.41) is 46.6. The van der Waals surface area contributed by atoms with Crippen molar-refractivity contribution < 1.29 is 14.4 Å². The molecule has 2 aliphatic rings. The molecule has 17 nitrogen and oxygen atoms in total. The van der Waals surface area contributed by atoms with Crippen LogP contribution in [0.2, 0.25) is 15.5 Å². The summed E-state index contributed by atoms with van der Waals surface area (Å²) in [5.41, 5.74) is 2.83. The van der Waals surface area contributed by atoms with Crippen LogP contribution in [-0.2, 0) is 10.8 Å². The molecule has 0 aliphatic heterocycles. The fourth-order valence-corrected chi connectivity index (χ4v) is 11.7. The van der Waals surface area contributed by atoms with Crippen LogP contribution in [0.15, 0.2) is 82.0 Å². The lowest BCUT2D eigenvalue weighted by molar-refractivity contribution is 0.178. The molecule has 8 heterocycles. The highest BCUT2D eigenvalue weighted by Gasteiger charge is 2.27. The van der Waals surface area contributed by atoms with Gasteiger partial charge in [0, 0.05) is 67.7 Å². The molecule has 68 heavy (non-hydrogen) atoms. The summed E-state index contributed by atoms with van der Waals surface area (Å²) >= 11 is 34.1. The van der Waals surface area contributed by atoms with Crippen molar-refractivity contribution in [1.29, 1.82) is 0 Å². The summed E-state index contributed by atoms with van der Waals surface area (Å²) in [5.74, 6) is 2.11. The largest absolute Gasteiger partial charge is 0.396 e. The van der Waals surface area contributed by atoms with E-state index < -0.39 is 10.8 Å². The van der Waals surface area contributed by atoms with Gasteiger partial charge in [-0.2, -0.15) is 20.4 Å². The zero-order chi connectivity index (χ0) is 48.6.